The third-order valence-corrected chi connectivity index (χ3v) is 3.63. The third kappa shape index (κ3) is 3.12. The Labute approximate surface area is 113 Å². The minimum atomic E-state index is 0.0234. The van der Waals surface area contributed by atoms with E-state index in [9.17, 15) is 4.79 Å². The number of hydrogen-bond donors (Lipinski definition) is 1. The predicted molar refractivity (Wildman–Crippen MR) is 73.5 cm³/mol. The van der Waals surface area contributed by atoms with Crippen LogP contribution in [0.3, 0.4) is 0 Å². The molecule has 0 saturated carbocycles. The fourth-order valence-corrected chi connectivity index (χ4v) is 2.65. The van der Waals surface area contributed by atoms with E-state index in [2.05, 4.69) is 6.07 Å². The van der Waals surface area contributed by atoms with Gasteiger partial charge in [-0.05, 0) is 50.4 Å². The molecule has 1 aliphatic rings. The lowest BCUT2D eigenvalue weighted by molar-refractivity contribution is 0.0605. The van der Waals surface area contributed by atoms with Gasteiger partial charge in [0.2, 0.25) is 0 Å². The van der Waals surface area contributed by atoms with Crippen LogP contribution in [0.1, 0.15) is 41.6 Å². The van der Waals surface area contributed by atoms with Crippen molar-refractivity contribution < 1.29 is 4.79 Å². The van der Waals surface area contributed by atoms with Crippen LogP contribution in [0, 0.1) is 11.3 Å². The van der Waals surface area contributed by atoms with Gasteiger partial charge in [0.05, 0.1) is 11.6 Å². The van der Waals surface area contributed by atoms with Crippen LogP contribution in [0.2, 0.25) is 0 Å². The highest BCUT2D eigenvalue weighted by atomic mass is 16.2. The van der Waals surface area contributed by atoms with E-state index in [1.54, 1.807) is 24.3 Å². The molecule has 1 heterocycles. The lowest BCUT2D eigenvalue weighted by Crippen LogP contribution is -2.44. The van der Waals surface area contributed by atoms with Gasteiger partial charge in [0, 0.05) is 18.2 Å². The van der Waals surface area contributed by atoms with Crippen molar-refractivity contribution in [3.8, 4) is 6.07 Å². The van der Waals surface area contributed by atoms with Gasteiger partial charge in [-0.15, -0.1) is 0 Å². The average molecular weight is 257 g/mol. The maximum atomic E-state index is 12.5. The largest absolute Gasteiger partial charge is 0.336 e. The summed E-state index contributed by atoms with van der Waals surface area (Å²) >= 11 is 0. The molecule has 4 heteroatoms. The van der Waals surface area contributed by atoms with Crippen molar-refractivity contribution in [3.63, 3.8) is 0 Å². The number of benzene rings is 1. The SMILES string of the molecule is N#Cc1cccc(C(=O)N2CCCCC2CCN)c1. The number of piperidine rings is 1. The van der Waals surface area contributed by atoms with E-state index in [1.807, 2.05) is 4.90 Å². The second-order valence-electron chi connectivity index (χ2n) is 4.92. The minimum absolute atomic E-state index is 0.0234. The molecule has 2 rings (SSSR count). The standard InChI is InChI=1S/C15H19N3O/c16-8-7-14-6-1-2-9-18(14)15(19)13-5-3-4-12(10-13)11-17/h3-5,10,14H,1-2,6-9,16H2. The highest BCUT2D eigenvalue weighted by Crippen LogP contribution is 2.21. The molecule has 19 heavy (non-hydrogen) atoms. The van der Waals surface area contributed by atoms with Crippen LogP contribution in [0.15, 0.2) is 24.3 Å². The van der Waals surface area contributed by atoms with Crippen LogP contribution in [-0.2, 0) is 0 Å². The van der Waals surface area contributed by atoms with Crippen LogP contribution in [-0.4, -0.2) is 29.9 Å². The second kappa shape index (κ2) is 6.35. The summed E-state index contributed by atoms with van der Waals surface area (Å²) < 4.78 is 0. The van der Waals surface area contributed by atoms with E-state index < -0.39 is 0 Å². The molecule has 0 spiro atoms. The molecule has 1 aliphatic heterocycles. The van der Waals surface area contributed by atoms with Crippen molar-refractivity contribution in [1.29, 1.82) is 5.26 Å². The molecular weight excluding hydrogens is 238 g/mol. The van der Waals surface area contributed by atoms with Gasteiger partial charge in [-0.1, -0.05) is 6.07 Å². The number of nitriles is 1. The fourth-order valence-electron chi connectivity index (χ4n) is 2.65. The molecule has 0 aromatic heterocycles. The first-order chi connectivity index (χ1) is 9.26. The van der Waals surface area contributed by atoms with Crippen LogP contribution >= 0.6 is 0 Å². The van der Waals surface area contributed by atoms with E-state index in [0.717, 1.165) is 32.2 Å². The topological polar surface area (TPSA) is 70.1 Å². The molecule has 1 fully saturated rings. The minimum Gasteiger partial charge on any atom is -0.336 e. The molecule has 1 saturated heterocycles. The summed E-state index contributed by atoms with van der Waals surface area (Å²) in [6.45, 7) is 1.40. The van der Waals surface area contributed by atoms with Gasteiger partial charge < -0.3 is 10.6 Å². The summed E-state index contributed by atoms with van der Waals surface area (Å²) in [7, 11) is 0. The van der Waals surface area contributed by atoms with Crippen molar-refractivity contribution in [2.24, 2.45) is 5.73 Å². The summed E-state index contributed by atoms with van der Waals surface area (Å²) in [5.41, 5.74) is 6.75. The summed E-state index contributed by atoms with van der Waals surface area (Å²) in [6, 6.07) is 9.23. The monoisotopic (exact) mass is 257 g/mol. The Bertz CT molecular complexity index is 490. The third-order valence-electron chi connectivity index (χ3n) is 3.63. The summed E-state index contributed by atoms with van der Waals surface area (Å²) in [5.74, 6) is 0.0234. The van der Waals surface area contributed by atoms with E-state index in [1.165, 1.54) is 0 Å². The Kier molecular flexibility index (Phi) is 4.53. The molecule has 2 N–H and O–H groups in total. The van der Waals surface area contributed by atoms with Crippen LogP contribution in [0.4, 0.5) is 0 Å². The van der Waals surface area contributed by atoms with Gasteiger partial charge >= 0.3 is 0 Å². The molecule has 1 atom stereocenters. The molecule has 0 aliphatic carbocycles. The first kappa shape index (κ1) is 13.6. The Morgan fingerprint density at radius 3 is 3.05 bits per heavy atom. The molecule has 1 aromatic rings. The number of carbonyl (C=O) groups is 1. The number of rotatable bonds is 3. The molecule has 1 aromatic carbocycles. The number of hydrogen-bond acceptors (Lipinski definition) is 3. The Hall–Kier alpha value is -1.86. The summed E-state index contributed by atoms with van der Waals surface area (Å²) in [5, 5.41) is 8.90. The molecule has 0 radical (unpaired) electrons. The number of carbonyl (C=O) groups excluding carboxylic acids is 1. The van der Waals surface area contributed by atoms with Gasteiger partial charge in [0.15, 0.2) is 0 Å². The first-order valence-corrected chi connectivity index (χ1v) is 6.77. The summed E-state index contributed by atoms with van der Waals surface area (Å²) in [4.78, 5) is 14.5. The van der Waals surface area contributed by atoms with E-state index in [0.29, 0.717) is 17.7 Å². The number of nitrogens with zero attached hydrogens (tertiary/aromatic N) is 2. The lowest BCUT2D eigenvalue weighted by atomic mass is 9.98. The maximum Gasteiger partial charge on any atom is 0.254 e. The zero-order chi connectivity index (χ0) is 13.7. The smallest absolute Gasteiger partial charge is 0.254 e. The molecular formula is C15H19N3O. The number of amides is 1. The Balaban J connectivity index is 2.18. The first-order valence-electron chi connectivity index (χ1n) is 6.77. The number of nitrogens with two attached hydrogens (primary N) is 1. The van der Waals surface area contributed by atoms with E-state index >= 15 is 0 Å². The lowest BCUT2D eigenvalue weighted by Gasteiger charge is -2.35. The second-order valence-corrected chi connectivity index (χ2v) is 4.92. The molecule has 1 amide bonds. The zero-order valence-electron chi connectivity index (χ0n) is 11.0. The van der Waals surface area contributed by atoms with Crippen molar-refractivity contribution in [3.05, 3.63) is 35.4 Å². The maximum absolute atomic E-state index is 12.5. The van der Waals surface area contributed by atoms with Gasteiger partial charge in [-0.3, -0.25) is 4.79 Å². The highest BCUT2D eigenvalue weighted by Gasteiger charge is 2.26. The molecule has 100 valence electrons. The summed E-state index contributed by atoms with van der Waals surface area (Å²) in [6.07, 6.45) is 4.09. The highest BCUT2D eigenvalue weighted by molar-refractivity contribution is 5.94. The van der Waals surface area contributed by atoms with Crippen molar-refractivity contribution in [2.45, 2.75) is 31.7 Å². The van der Waals surface area contributed by atoms with Gasteiger partial charge in [0.25, 0.3) is 5.91 Å². The quantitative estimate of drug-likeness (QED) is 0.899. The van der Waals surface area contributed by atoms with E-state index in [4.69, 9.17) is 11.0 Å². The fraction of sp³-hybridized carbons (Fsp3) is 0.467. The van der Waals surface area contributed by atoms with Crippen molar-refractivity contribution in [1.82, 2.24) is 4.90 Å². The molecule has 4 nitrogen and oxygen atoms in total. The van der Waals surface area contributed by atoms with Gasteiger partial charge in [-0.2, -0.15) is 5.26 Å². The molecule has 0 bridgehead atoms. The number of likely N-dealkylation sites (tertiary alicyclic amines) is 1. The normalized spacial score (nSPS) is 18.9. The predicted octanol–water partition coefficient (Wildman–Crippen LogP) is 1.90. The Morgan fingerprint density at radius 2 is 2.32 bits per heavy atom. The zero-order valence-corrected chi connectivity index (χ0v) is 11.0. The Morgan fingerprint density at radius 1 is 1.47 bits per heavy atom. The van der Waals surface area contributed by atoms with Crippen LogP contribution in [0.25, 0.3) is 0 Å². The van der Waals surface area contributed by atoms with Gasteiger partial charge in [-0.25, -0.2) is 0 Å². The average Bonchev–Trinajstić information content (AvgIpc) is 2.47. The van der Waals surface area contributed by atoms with Crippen LogP contribution in [0.5, 0.6) is 0 Å². The van der Waals surface area contributed by atoms with Crippen molar-refractivity contribution >= 4 is 5.91 Å². The molecule has 1 unspecified atom stereocenters. The van der Waals surface area contributed by atoms with Gasteiger partial charge in [0.1, 0.15) is 0 Å². The van der Waals surface area contributed by atoms with Crippen molar-refractivity contribution in [2.75, 3.05) is 13.1 Å². The van der Waals surface area contributed by atoms with E-state index in [-0.39, 0.29) is 11.9 Å². The van der Waals surface area contributed by atoms with Crippen LogP contribution < -0.4 is 5.73 Å².